The molecule has 0 aromatic heterocycles. The fourth-order valence-corrected chi connectivity index (χ4v) is 2.15. The zero-order chi connectivity index (χ0) is 16.3. The normalized spacial score (nSPS) is 12.5. The van der Waals surface area contributed by atoms with Gasteiger partial charge >= 0.3 is 12.0 Å². The maximum atomic E-state index is 11.6. The van der Waals surface area contributed by atoms with Gasteiger partial charge in [-0.25, -0.2) is 4.79 Å². The predicted octanol–water partition coefficient (Wildman–Crippen LogP) is 1.76. The van der Waals surface area contributed by atoms with Crippen LogP contribution in [0.15, 0.2) is 0 Å². The Morgan fingerprint density at radius 3 is 2.24 bits per heavy atom. The van der Waals surface area contributed by atoms with Crippen molar-refractivity contribution in [3.8, 4) is 0 Å². The van der Waals surface area contributed by atoms with Crippen LogP contribution in [0.25, 0.3) is 0 Å². The lowest BCUT2D eigenvalue weighted by Crippen LogP contribution is -2.38. The van der Waals surface area contributed by atoms with Gasteiger partial charge in [0, 0.05) is 19.5 Å². The first-order chi connectivity index (χ1) is 9.82. The van der Waals surface area contributed by atoms with E-state index in [2.05, 4.69) is 29.4 Å². The molecular formula is C15H31N3O3. The van der Waals surface area contributed by atoms with E-state index in [1.54, 1.807) is 0 Å². The number of nitrogens with one attached hydrogen (secondary N) is 2. The molecule has 0 saturated carbocycles. The minimum atomic E-state index is -0.757. The summed E-state index contributed by atoms with van der Waals surface area (Å²) >= 11 is 0. The second-order valence-electron chi connectivity index (χ2n) is 6.06. The second-order valence-corrected chi connectivity index (χ2v) is 6.06. The number of urea groups is 1. The van der Waals surface area contributed by atoms with Crippen molar-refractivity contribution in [1.82, 2.24) is 15.5 Å². The number of rotatable bonds is 11. The molecule has 2 amide bonds. The minimum absolute atomic E-state index is 0.144. The van der Waals surface area contributed by atoms with Crippen molar-refractivity contribution in [3.05, 3.63) is 0 Å². The molecule has 3 N–H and O–H groups in total. The highest BCUT2D eigenvalue weighted by Gasteiger charge is 2.15. The molecule has 1 unspecified atom stereocenters. The minimum Gasteiger partial charge on any atom is -0.481 e. The standard InChI is InChI=1S/C15H31N3O3/c1-12(2)13(6-7-14(19)20)8-10-17-15(21)16-9-5-11-18(3)4/h12-13H,5-11H2,1-4H3,(H,19,20)(H2,16,17,21). The van der Waals surface area contributed by atoms with Crippen molar-refractivity contribution < 1.29 is 14.7 Å². The van der Waals surface area contributed by atoms with Gasteiger partial charge in [0.1, 0.15) is 0 Å². The summed E-state index contributed by atoms with van der Waals surface area (Å²) in [7, 11) is 4.01. The Labute approximate surface area is 128 Å². The van der Waals surface area contributed by atoms with E-state index in [9.17, 15) is 9.59 Å². The fourth-order valence-electron chi connectivity index (χ4n) is 2.15. The number of carbonyl (C=O) groups is 2. The van der Waals surface area contributed by atoms with Gasteiger partial charge in [-0.05, 0) is 51.7 Å². The molecule has 0 aliphatic carbocycles. The number of carboxylic acids is 1. The zero-order valence-corrected chi connectivity index (χ0v) is 13.8. The molecule has 1 atom stereocenters. The van der Waals surface area contributed by atoms with Gasteiger partial charge in [0.2, 0.25) is 0 Å². The van der Waals surface area contributed by atoms with Crippen LogP contribution in [0, 0.1) is 11.8 Å². The third-order valence-electron chi connectivity index (χ3n) is 3.54. The molecule has 0 heterocycles. The molecule has 0 aliphatic rings. The Hall–Kier alpha value is -1.30. The number of aliphatic carboxylic acids is 1. The highest BCUT2D eigenvalue weighted by atomic mass is 16.4. The van der Waals surface area contributed by atoms with Gasteiger partial charge in [-0.1, -0.05) is 13.8 Å². The second kappa shape index (κ2) is 11.4. The quantitative estimate of drug-likeness (QED) is 0.508. The number of carboxylic acid groups (broad SMARTS) is 1. The fraction of sp³-hybridized carbons (Fsp3) is 0.867. The lowest BCUT2D eigenvalue weighted by molar-refractivity contribution is -0.137. The molecule has 0 bridgehead atoms. The van der Waals surface area contributed by atoms with E-state index in [0.717, 1.165) is 19.4 Å². The summed E-state index contributed by atoms with van der Waals surface area (Å²) in [5.41, 5.74) is 0. The lowest BCUT2D eigenvalue weighted by Gasteiger charge is -2.20. The molecule has 0 aromatic rings. The Morgan fingerprint density at radius 2 is 1.71 bits per heavy atom. The predicted molar refractivity (Wildman–Crippen MR) is 84.4 cm³/mol. The van der Waals surface area contributed by atoms with Gasteiger partial charge < -0.3 is 20.6 Å². The summed E-state index contributed by atoms with van der Waals surface area (Å²) in [6.45, 7) is 6.38. The molecule has 124 valence electrons. The van der Waals surface area contributed by atoms with Gasteiger partial charge in [0.25, 0.3) is 0 Å². The van der Waals surface area contributed by atoms with Crippen molar-refractivity contribution in [2.75, 3.05) is 33.7 Å². The third kappa shape index (κ3) is 12.2. The molecule has 0 radical (unpaired) electrons. The average Bonchev–Trinajstić information content (AvgIpc) is 2.37. The van der Waals surface area contributed by atoms with Gasteiger partial charge in [-0.2, -0.15) is 0 Å². The van der Waals surface area contributed by atoms with E-state index in [0.29, 0.717) is 31.3 Å². The molecule has 21 heavy (non-hydrogen) atoms. The number of amides is 2. The monoisotopic (exact) mass is 301 g/mol. The smallest absolute Gasteiger partial charge is 0.314 e. The lowest BCUT2D eigenvalue weighted by atomic mass is 9.88. The molecule has 6 nitrogen and oxygen atoms in total. The molecule has 0 rings (SSSR count). The van der Waals surface area contributed by atoms with Crippen molar-refractivity contribution in [1.29, 1.82) is 0 Å². The van der Waals surface area contributed by atoms with Gasteiger partial charge in [0.05, 0.1) is 0 Å². The van der Waals surface area contributed by atoms with Crippen molar-refractivity contribution in [2.45, 2.75) is 39.5 Å². The molecule has 0 aliphatic heterocycles. The van der Waals surface area contributed by atoms with Crippen molar-refractivity contribution in [3.63, 3.8) is 0 Å². The Kier molecular flexibility index (Phi) is 10.7. The topological polar surface area (TPSA) is 81.7 Å². The van der Waals surface area contributed by atoms with Crippen molar-refractivity contribution >= 4 is 12.0 Å². The molecule has 0 aromatic carbocycles. The van der Waals surface area contributed by atoms with Crippen molar-refractivity contribution in [2.24, 2.45) is 11.8 Å². The van der Waals surface area contributed by atoms with Gasteiger partial charge in [0.15, 0.2) is 0 Å². The summed E-state index contributed by atoms with van der Waals surface area (Å²) in [5, 5.41) is 14.4. The molecule has 6 heteroatoms. The van der Waals surface area contributed by atoms with Crippen LogP contribution < -0.4 is 10.6 Å². The Bertz CT molecular complexity index is 307. The largest absolute Gasteiger partial charge is 0.481 e. The maximum absolute atomic E-state index is 11.6. The number of hydrogen-bond acceptors (Lipinski definition) is 3. The van der Waals surface area contributed by atoms with E-state index in [4.69, 9.17) is 5.11 Å². The van der Waals surface area contributed by atoms with Crippen LogP contribution in [0.5, 0.6) is 0 Å². The van der Waals surface area contributed by atoms with E-state index in [1.165, 1.54) is 0 Å². The highest BCUT2D eigenvalue weighted by molar-refractivity contribution is 5.73. The van der Waals surface area contributed by atoms with E-state index < -0.39 is 5.97 Å². The Balaban J connectivity index is 3.77. The first-order valence-corrected chi connectivity index (χ1v) is 7.71. The molecule has 0 fully saturated rings. The summed E-state index contributed by atoms with van der Waals surface area (Å²) in [4.78, 5) is 24.3. The highest BCUT2D eigenvalue weighted by Crippen LogP contribution is 2.20. The van der Waals surface area contributed by atoms with E-state index >= 15 is 0 Å². The summed E-state index contributed by atoms with van der Waals surface area (Å²) < 4.78 is 0. The van der Waals surface area contributed by atoms with Crippen LogP contribution in [-0.2, 0) is 4.79 Å². The maximum Gasteiger partial charge on any atom is 0.314 e. The van der Waals surface area contributed by atoms with E-state index in [-0.39, 0.29) is 12.5 Å². The first-order valence-electron chi connectivity index (χ1n) is 7.71. The summed E-state index contributed by atoms with van der Waals surface area (Å²) in [5.74, 6) is -0.00307. The van der Waals surface area contributed by atoms with Crippen LogP contribution in [-0.4, -0.2) is 55.7 Å². The number of nitrogens with zero attached hydrogens (tertiary/aromatic N) is 1. The zero-order valence-electron chi connectivity index (χ0n) is 13.8. The SMILES string of the molecule is CC(C)C(CCNC(=O)NCCCN(C)C)CCC(=O)O. The first kappa shape index (κ1) is 19.7. The van der Waals surface area contributed by atoms with E-state index in [1.807, 2.05) is 14.1 Å². The number of carbonyl (C=O) groups excluding carboxylic acids is 1. The van der Waals surface area contributed by atoms with Crippen LogP contribution in [0.4, 0.5) is 4.79 Å². The van der Waals surface area contributed by atoms with Crippen LogP contribution >= 0.6 is 0 Å². The van der Waals surface area contributed by atoms with Crippen LogP contribution in [0.2, 0.25) is 0 Å². The molecule has 0 saturated heterocycles. The molecule has 0 spiro atoms. The van der Waals surface area contributed by atoms with Gasteiger partial charge in [-0.15, -0.1) is 0 Å². The van der Waals surface area contributed by atoms with Crippen LogP contribution in [0.1, 0.15) is 39.5 Å². The van der Waals surface area contributed by atoms with Crippen LogP contribution in [0.3, 0.4) is 0 Å². The van der Waals surface area contributed by atoms with Gasteiger partial charge in [-0.3, -0.25) is 4.79 Å². The number of hydrogen-bond donors (Lipinski definition) is 3. The average molecular weight is 301 g/mol. The summed E-state index contributed by atoms with van der Waals surface area (Å²) in [6, 6.07) is -0.144. The third-order valence-corrected chi connectivity index (χ3v) is 3.54. The summed E-state index contributed by atoms with van der Waals surface area (Å²) in [6.07, 6.45) is 2.60. The Morgan fingerprint density at radius 1 is 1.10 bits per heavy atom. The molecular weight excluding hydrogens is 270 g/mol.